The monoisotopic (exact) mass is 273 g/mol. The van der Waals surface area contributed by atoms with Gasteiger partial charge in [0.2, 0.25) is 0 Å². The molecular weight excluding hydrogens is 258 g/mol. The first-order valence-electron chi connectivity index (χ1n) is 5.82. The van der Waals surface area contributed by atoms with Gasteiger partial charge in [0.25, 0.3) is 0 Å². The van der Waals surface area contributed by atoms with Crippen molar-refractivity contribution in [3.63, 3.8) is 0 Å². The fraction of sp³-hybridized carbons (Fsp3) is 0. The third kappa shape index (κ3) is 3.89. The SMILES string of the molecule is C1=C[SH](c2ccc[nH]2)C=C1.O=C(O)c1ccccc1. The van der Waals surface area contributed by atoms with E-state index in [2.05, 4.69) is 34.0 Å². The molecule has 3 rings (SSSR count). The minimum atomic E-state index is -0.879. The normalized spacial score (nSPS) is 14.0. The average Bonchev–Trinajstić information content (AvgIpc) is 3.13. The van der Waals surface area contributed by atoms with Crippen molar-refractivity contribution in [1.82, 2.24) is 4.98 Å². The minimum absolute atomic E-state index is 0.120. The quantitative estimate of drug-likeness (QED) is 0.729. The molecule has 1 aromatic carbocycles. The molecule has 0 fully saturated rings. The number of benzene rings is 1. The lowest BCUT2D eigenvalue weighted by Gasteiger charge is -2.04. The van der Waals surface area contributed by atoms with E-state index in [0.29, 0.717) is 5.56 Å². The van der Waals surface area contributed by atoms with E-state index in [-0.39, 0.29) is 10.9 Å². The fourth-order valence-corrected chi connectivity index (χ4v) is 3.03. The Kier molecular flexibility index (Phi) is 4.64. The van der Waals surface area contributed by atoms with Gasteiger partial charge in [-0.3, -0.25) is 0 Å². The maximum Gasteiger partial charge on any atom is 0.335 e. The molecule has 0 bridgehead atoms. The Bertz CT molecular complexity index is 561. The molecule has 4 heteroatoms. The summed E-state index contributed by atoms with van der Waals surface area (Å²) in [4.78, 5) is 13.4. The van der Waals surface area contributed by atoms with Crippen molar-refractivity contribution < 1.29 is 9.90 Å². The molecule has 1 aliphatic heterocycles. The average molecular weight is 273 g/mol. The molecule has 0 radical (unpaired) electrons. The van der Waals surface area contributed by atoms with Crippen LogP contribution >= 0.6 is 10.9 Å². The van der Waals surface area contributed by atoms with Gasteiger partial charge in [0.15, 0.2) is 0 Å². The lowest BCUT2D eigenvalue weighted by molar-refractivity contribution is 0.0697. The van der Waals surface area contributed by atoms with Gasteiger partial charge in [-0.25, -0.2) is 4.79 Å². The van der Waals surface area contributed by atoms with Crippen molar-refractivity contribution in [3.8, 4) is 0 Å². The maximum atomic E-state index is 10.2. The Balaban J connectivity index is 0.000000141. The lowest BCUT2D eigenvalue weighted by Crippen LogP contribution is -1.93. The molecular formula is C15H15NO2S. The van der Waals surface area contributed by atoms with Crippen molar-refractivity contribution in [2.75, 3.05) is 0 Å². The molecule has 0 aliphatic carbocycles. The van der Waals surface area contributed by atoms with Crippen LogP contribution in [0, 0.1) is 0 Å². The van der Waals surface area contributed by atoms with Crippen LogP contribution < -0.4 is 0 Å². The molecule has 0 atom stereocenters. The van der Waals surface area contributed by atoms with Crippen LogP contribution in [0.25, 0.3) is 0 Å². The predicted octanol–water partition coefficient (Wildman–Crippen LogP) is 3.80. The van der Waals surface area contributed by atoms with E-state index in [1.54, 1.807) is 30.3 Å². The van der Waals surface area contributed by atoms with E-state index in [1.807, 2.05) is 12.3 Å². The van der Waals surface area contributed by atoms with Crippen LogP contribution in [0.15, 0.2) is 76.7 Å². The third-order valence-corrected chi connectivity index (χ3v) is 4.31. The van der Waals surface area contributed by atoms with Gasteiger partial charge in [-0.2, -0.15) is 10.9 Å². The number of nitrogens with one attached hydrogen (secondary N) is 1. The van der Waals surface area contributed by atoms with Gasteiger partial charge in [-0.15, -0.1) is 0 Å². The largest absolute Gasteiger partial charge is 0.478 e. The zero-order valence-corrected chi connectivity index (χ0v) is 11.1. The van der Waals surface area contributed by atoms with Gasteiger partial charge >= 0.3 is 5.97 Å². The van der Waals surface area contributed by atoms with E-state index >= 15 is 0 Å². The summed E-state index contributed by atoms with van der Waals surface area (Å²) in [5.74, 6) is -0.879. The standard InChI is InChI=1S/C8H9NS.C7H6O2/c1-2-7-10(6-1)8-4-3-5-9-8;8-7(9)6-4-2-1-3-5-6/h1-7,9-10H;1-5H,(H,8,9). The molecule has 0 amide bonds. The predicted molar refractivity (Wildman–Crippen MR) is 79.7 cm³/mol. The Hall–Kier alpha value is -2.20. The van der Waals surface area contributed by atoms with Gasteiger partial charge in [0, 0.05) is 6.20 Å². The lowest BCUT2D eigenvalue weighted by atomic mass is 10.2. The van der Waals surface area contributed by atoms with E-state index < -0.39 is 5.97 Å². The first kappa shape index (κ1) is 13.2. The summed E-state index contributed by atoms with van der Waals surface area (Å²) < 4.78 is 0. The van der Waals surface area contributed by atoms with Gasteiger partial charge in [-0.1, -0.05) is 30.4 Å². The fourth-order valence-electron chi connectivity index (χ4n) is 1.56. The maximum absolute atomic E-state index is 10.2. The van der Waals surface area contributed by atoms with Gasteiger partial charge in [0.1, 0.15) is 0 Å². The number of carboxylic acid groups (broad SMARTS) is 1. The van der Waals surface area contributed by atoms with Crippen LogP contribution in [-0.4, -0.2) is 16.1 Å². The highest BCUT2D eigenvalue weighted by molar-refractivity contribution is 8.22. The van der Waals surface area contributed by atoms with Gasteiger partial charge < -0.3 is 10.1 Å². The topological polar surface area (TPSA) is 53.1 Å². The van der Waals surface area contributed by atoms with E-state index in [0.717, 1.165) is 0 Å². The van der Waals surface area contributed by atoms with Crippen LogP contribution in [0.2, 0.25) is 0 Å². The van der Waals surface area contributed by atoms with Crippen LogP contribution in [0.5, 0.6) is 0 Å². The van der Waals surface area contributed by atoms with Crippen LogP contribution in [0.4, 0.5) is 0 Å². The van der Waals surface area contributed by atoms with Crippen molar-refractivity contribution in [2.24, 2.45) is 0 Å². The van der Waals surface area contributed by atoms with Crippen LogP contribution in [0.3, 0.4) is 0 Å². The molecule has 1 aromatic heterocycles. The Morgan fingerprint density at radius 3 is 2.16 bits per heavy atom. The molecule has 19 heavy (non-hydrogen) atoms. The number of rotatable bonds is 2. The summed E-state index contributed by atoms with van der Waals surface area (Å²) in [7, 11) is -0.120. The molecule has 0 spiro atoms. The zero-order chi connectivity index (χ0) is 13.5. The molecule has 2 N–H and O–H groups in total. The van der Waals surface area contributed by atoms with Gasteiger partial charge in [0.05, 0.1) is 10.6 Å². The summed E-state index contributed by atoms with van der Waals surface area (Å²) in [6, 6.07) is 12.5. The second kappa shape index (κ2) is 6.66. The minimum Gasteiger partial charge on any atom is -0.478 e. The number of aromatic nitrogens is 1. The highest BCUT2D eigenvalue weighted by Gasteiger charge is 2.01. The summed E-state index contributed by atoms with van der Waals surface area (Å²) >= 11 is 0. The second-order valence-corrected chi connectivity index (χ2v) is 5.71. The Labute approximate surface area is 114 Å². The third-order valence-electron chi connectivity index (χ3n) is 2.48. The highest BCUT2D eigenvalue weighted by atomic mass is 32.2. The van der Waals surface area contributed by atoms with Crippen molar-refractivity contribution in [2.45, 2.75) is 5.03 Å². The number of hydrogen-bond acceptors (Lipinski definition) is 1. The molecule has 2 aromatic rings. The van der Waals surface area contributed by atoms with Crippen LogP contribution in [0.1, 0.15) is 10.4 Å². The summed E-state index contributed by atoms with van der Waals surface area (Å²) in [5, 5.41) is 14.2. The molecule has 0 saturated heterocycles. The second-order valence-electron chi connectivity index (χ2n) is 3.82. The number of hydrogen-bond donors (Lipinski definition) is 3. The number of allylic oxidation sites excluding steroid dienone is 2. The molecule has 98 valence electrons. The number of carbonyl (C=O) groups is 1. The first-order valence-corrected chi connectivity index (χ1v) is 7.30. The molecule has 1 aliphatic rings. The number of thiol groups is 1. The molecule has 3 nitrogen and oxygen atoms in total. The first-order chi connectivity index (χ1) is 9.27. The number of aromatic amines is 1. The number of H-pyrrole nitrogens is 1. The summed E-state index contributed by atoms with van der Waals surface area (Å²) in [5.41, 5.74) is 0.331. The number of aromatic carboxylic acids is 1. The van der Waals surface area contributed by atoms with E-state index in [4.69, 9.17) is 5.11 Å². The molecule has 0 unspecified atom stereocenters. The van der Waals surface area contributed by atoms with Crippen molar-refractivity contribution in [1.29, 1.82) is 0 Å². The van der Waals surface area contributed by atoms with E-state index in [1.165, 1.54) is 5.03 Å². The highest BCUT2D eigenvalue weighted by Crippen LogP contribution is 2.40. The van der Waals surface area contributed by atoms with Crippen LogP contribution in [-0.2, 0) is 0 Å². The number of carboxylic acids is 1. The van der Waals surface area contributed by atoms with Crippen molar-refractivity contribution >= 4 is 16.9 Å². The summed E-state index contributed by atoms with van der Waals surface area (Å²) in [6.07, 6.45) is 6.18. The Morgan fingerprint density at radius 2 is 1.68 bits per heavy atom. The smallest absolute Gasteiger partial charge is 0.335 e. The zero-order valence-electron chi connectivity index (χ0n) is 10.2. The molecule has 0 saturated carbocycles. The molecule has 2 heterocycles. The summed E-state index contributed by atoms with van der Waals surface area (Å²) in [6.45, 7) is 0. The van der Waals surface area contributed by atoms with Crippen molar-refractivity contribution in [3.05, 3.63) is 77.2 Å². The van der Waals surface area contributed by atoms with Gasteiger partial charge in [-0.05, 0) is 35.1 Å². The Morgan fingerprint density at radius 1 is 1.00 bits per heavy atom. The van der Waals surface area contributed by atoms with E-state index in [9.17, 15) is 4.79 Å².